The number of aryl methyl sites for hydroxylation is 2. The largest absolute Gasteiger partial charge is 0.361 e. The van der Waals surface area contributed by atoms with E-state index in [0.717, 1.165) is 16.8 Å². The second kappa shape index (κ2) is 9.12. The van der Waals surface area contributed by atoms with Gasteiger partial charge in [-0.15, -0.1) is 0 Å². The molecule has 2 aromatic heterocycles. The van der Waals surface area contributed by atoms with Crippen LogP contribution in [-0.4, -0.2) is 39.9 Å². The van der Waals surface area contributed by atoms with E-state index in [1.807, 2.05) is 49.4 Å². The van der Waals surface area contributed by atoms with E-state index in [2.05, 4.69) is 15.5 Å². The minimum Gasteiger partial charge on any atom is -0.361 e. The molecule has 1 saturated heterocycles. The molecule has 0 bridgehead atoms. The van der Waals surface area contributed by atoms with Gasteiger partial charge in [0.2, 0.25) is 5.91 Å². The second-order valence-electron chi connectivity index (χ2n) is 7.95. The van der Waals surface area contributed by atoms with Crippen LogP contribution in [0.3, 0.4) is 0 Å². The molecular weight excluding hydrogens is 392 g/mol. The quantitative estimate of drug-likeness (QED) is 0.686. The summed E-state index contributed by atoms with van der Waals surface area (Å²) in [6.45, 7) is 4.79. The van der Waals surface area contributed by atoms with Crippen molar-refractivity contribution >= 4 is 11.8 Å². The van der Waals surface area contributed by atoms with E-state index in [9.17, 15) is 9.59 Å². The van der Waals surface area contributed by atoms with Gasteiger partial charge >= 0.3 is 0 Å². The van der Waals surface area contributed by atoms with Crippen molar-refractivity contribution in [2.75, 3.05) is 13.1 Å². The van der Waals surface area contributed by atoms with Crippen LogP contribution in [0.5, 0.6) is 0 Å². The summed E-state index contributed by atoms with van der Waals surface area (Å²) in [4.78, 5) is 32.0. The number of carbonyl (C=O) groups excluding carboxylic acids is 2. The molecule has 3 aromatic rings. The first-order valence-electron chi connectivity index (χ1n) is 10.5. The zero-order chi connectivity index (χ0) is 21.8. The number of carbonyl (C=O) groups is 2. The van der Waals surface area contributed by atoms with E-state index in [1.165, 1.54) is 0 Å². The molecule has 0 aliphatic carbocycles. The third kappa shape index (κ3) is 4.66. The summed E-state index contributed by atoms with van der Waals surface area (Å²) < 4.78 is 5.01. The number of hydrogen-bond acceptors (Lipinski definition) is 5. The number of likely N-dealkylation sites (tertiary alicyclic amines) is 1. The SMILES string of the molecule is Cc1cc(C(=O)N2CCC(C(=O)NC(c3ccccc3)c3ncccc3C)CC2)no1. The van der Waals surface area contributed by atoms with Crippen molar-refractivity contribution in [3.8, 4) is 0 Å². The molecule has 7 nitrogen and oxygen atoms in total. The molecule has 1 aliphatic heterocycles. The minimum absolute atomic E-state index is 0.0108. The van der Waals surface area contributed by atoms with Crippen molar-refractivity contribution < 1.29 is 14.1 Å². The minimum atomic E-state index is -0.312. The fourth-order valence-corrected chi connectivity index (χ4v) is 3.99. The van der Waals surface area contributed by atoms with Crippen molar-refractivity contribution in [1.82, 2.24) is 20.4 Å². The summed E-state index contributed by atoms with van der Waals surface area (Å²) in [5.41, 5.74) is 3.18. The van der Waals surface area contributed by atoms with E-state index in [4.69, 9.17) is 4.52 Å². The molecule has 0 saturated carbocycles. The van der Waals surface area contributed by atoms with Gasteiger partial charge in [-0.25, -0.2) is 0 Å². The molecule has 31 heavy (non-hydrogen) atoms. The number of amides is 2. The second-order valence-corrected chi connectivity index (χ2v) is 7.95. The first-order valence-corrected chi connectivity index (χ1v) is 10.5. The first kappa shape index (κ1) is 20.8. The van der Waals surface area contributed by atoms with Gasteiger partial charge in [0.15, 0.2) is 5.69 Å². The number of nitrogens with zero attached hydrogens (tertiary/aromatic N) is 3. The van der Waals surface area contributed by atoms with E-state index >= 15 is 0 Å². The summed E-state index contributed by atoms with van der Waals surface area (Å²) >= 11 is 0. The van der Waals surface area contributed by atoms with E-state index in [-0.39, 0.29) is 23.8 Å². The summed E-state index contributed by atoms with van der Waals surface area (Å²) in [5, 5.41) is 7.01. The van der Waals surface area contributed by atoms with Crippen molar-refractivity contribution in [3.63, 3.8) is 0 Å². The monoisotopic (exact) mass is 418 g/mol. The molecule has 7 heteroatoms. The Hall–Kier alpha value is -3.48. The van der Waals surface area contributed by atoms with E-state index < -0.39 is 0 Å². The number of piperidine rings is 1. The lowest BCUT2D eigenvalue weighted by Gasteiger charge is -2.32. The van der Waals surface area contributed by atoms with Crippen LogP contribution in [0, 0.1) is 19.8 Å². The van der Waals surface area contributed by atoms with E-state index in [0.29, 0.717) is 37.4 Å². The smallest absolute Gasteiger partial charge is 0.276 e. The van der Waals surface area contributed by atoms with Crippen LogP contribution in [0.1, 0.15) is 52.0 Å². The Balaban J connectivity index is 1.44. The van der Waals surface area contributed by atoms with Gasteiger partial charge in [-0.1, -0.05) is 41.6 Å². The molecule has 3 heterocycles. The van der Waals surface area contributed by atoms with Gasteiger partial charge in [-0.2, -0.15) is 0 Å². The predicted octanol–water partition coefficient (Wildman–Crippen LogP) is 3.44. The maximum atomic E-state index is 13.1. The Morgan fingerprint density at radius 2 is 1.84 bits per heavy atom. The Morgan fingerprint density at radius 3 is 2.48 bits per heavy atom. The highest BCUT2D eigenvalue weighted by molar-refractivity contribution is 5.92. The van der Waals surface area contributed by atoms with Gasteiger partial charge in [0, 0.05) is 31.3 Å². The lowest BCUT2D eigenvalue weighted by atomic mass is 9.93. The molecular formula is C24H26N4O3. The third-order valence-corrected chi connectivity index (χ3v) is 5.74. The van der Waals surface area contributed by atoms with Gasteiger partial charge in [-0.3, -0.25) is 14.6 Å². The Morgan fingerprint density at radius 1 is 1.10 bits per heavy atom. The number of hydrogen-bond donors (Lipinski definition) is 1. The lowest BCUT2D eigenvalue weighted by molar-refractivity contribution is -0.126. The third-order valence-electron chi connectivity index (χ3n) is 5.74. The number of aromatic nitrogens is 2. The van der Waals surface area contributed by atoms with Crippen molar-refractivity contribution in [2.24, 2.45) is 5.92 Å². The molecule has 2 amide bonds. The highest BCUT2D eigenvalue weighted by atomic mass is 16.5. The molecule has 4 rings (SSSR count). The molecule has 160 valence electrons. The molecule has 1 unspecified atom stereocenters. The molecule has 1 fully saturated rings. The molecule has 1 aromatic carbocycles. The highest BCUT2D eigenvalue weighted by Crippen LogP contribution is 2.25. The number of benzene rings is 1. The Labute approximate surface area is 181 Å². The van der Waals surface area contributed by atoms with E-state index in [1.54, 1.807) is 24.1 Å². The maximum Gasteiger partial charge on any atom is 0.276 e. The average Bonchev–Trinajstić information content (AvgIpc) is 3.24. The molecule has 1 N–H and O–H groups in total. The maximum absolute atomic E-state index is 13.1. The fraction of sp³-hybridized carbons (Fsp3) is 0.333. The Kier molecular flexibility index (Phi) is 6.11. The zero-order valence-electron chi connectivity index (χ0n) is 17.7. The van der Waals surface area contributed by atoms with Gasteiger partial charge in [0.05, 0.1) is 11.7 Å². The number of pyridine rings is 1. The summed E-state index contributed by atoms with van der Waals surface area (Å²) in [5.74, 6) is 0.290. The molecule has 0 spiro atoms. The molecule has 1 aliphatic rings. The van der Waals surface area contributed by atoms with Gasteiger partial charge in [0.1, 0.15) is 5.76 Å². The van der Waals surface area contributed by atoms with Crippen LogP contribution < -0.4 is 5.32 Å². The first-order chi connectivity index (χ1) is 15.0. The molecule has 0 radical (unpaired) electrons. The normalized spacial score (nSPS) is 15.5. The van der Waals surface area contributed by atoms with Gasteiger partial charge in [0.25, 0.3) is 5.91 Å². The van der Waals surface area contributed by atoms with Crippen LogP contribution in [-0.2, 0) is 4.79 Å². The van der Waals surface area contributed by atoms with Crippen LogP contribution in [0.4, 0.5) is 0 Å². The average molecular weight is 418 g/mol. The number of rotatable bonds is 5. The number of nitrogens with one attached hydrogen (secondary N) is 1. The van der Waals surface area contributed by atoms with Crippen molar-refractivity contribution in [2.45, 2.75) is 32.7 Å². The van der Waals surface area contributed by atoms with Crippen LogP contribution in [0.15, 0.2) is 59.3 Å². The summed E-state index contributed by atoms with van der Waals surface area (Å²) in [6, 6.07) is 15.1. The molecule has 1 atom stereocenters. The van der Waals surface area contributed by atoms with Crippen LogP contribution in [0.25, 0.3) is 0 Å². The van der Waals surface area contributed by atoms with Crippen molar-refractivity contribution in [3.05, 3.63) is 83.0 Å². The summed E-state index contributed by atoms with van der Waals surface area (Å²) in [7, 11) is 0. The van der Waals surface area contributed by atoms with Crippen LogP contribution in [0.2, 0.25) is 0 Å². The highest BCUT2D eigenvalue weighted by Gasteiger charge is 2.31. The Bertz CT molecular complexity index is 1060. The lowest BCUT2D eigenvalue weighted by Crippen LogP contribution is -2.44. The zero-order valence-corrected chi connectivity index (χ0v) is 17.7. The summed E-state index contributed by atoms with van der Waals surface area (Å²) in [6.07, 6.45) is 2.97. The predicted molar refractivity (Wildman–Crippen MR) is 115 cm³/mol. The topological polar surface area (TPSA) is 88.3 Å². The van der Waals surface area contributed by atoms with Crippen LogP contribution >= 0.6 is 0 Å². The van der Waals surface area contributed by atoms with Gasteiger partial charge in [-0.05, 0) is 43.9 Å². The van der Waals surface area contributed by atoms with Gasteiger partial charge < -0.3 is 14.7 Å². The fourth-order valence-electron chi connectivity index (χ4n) is 3.99. The van der Waals surface area contributed by atoms with Crippen molar-refractivity contribution in [1.29, 1.82) is 0 Å². The standard InChI is InChI=1S/C24H26N4O3/c1-16-7-6-12-25-21(16)22(18-8-4-3-5-9-18)26-23(29)19-10-13-28(14-11-19)24(30)20-15-17(2)31-27-20/h3-9,12,15,19,22H,10-11,13-14H2,1-2H3,(H,26,29).